The molecule has 3 N–H and O–H groups in total. The van der Waals surface area contributed by atoms with E-state index in [9.17, 15) is 0 Å². The normalized spacial score (nSPS) is 13.0. The molecule has 1 rings (SSSR count). The maximum Gasteiger partial charge on any atom is 0.179 e. The molecular weight excluding hydrogens is 236 g/mol. The molecule has 0 aliphatic rings. The van der Waals surface area contributed by atoms with Gasteiger partial charge in [-0.05, 0) is 13.8 Å². The first-order valence-corrected chi connectivity index (χ1v) is 5.94. The number of hydrogen-bond donors (Lipinski definition) is 2. The Hall–Kier alpha value is -1.15. The van der Waals surface area contributed by atoms with E-state index in [1.54, 1.807) is 18.0 Å². The van der Waals surface area contributed by atoms with Gasteiger partial charge in [0, 0.05) is 20.3 Å². The summed E-state index contributed by atoms with van der Waals surface area (Å²) in [5.74, 6) is 6.25. The van der Waals surface area contributed by atoms with Gasteiger partial charge in [0.2, 0.25) is 0 Å². The molecule has 1 heterocycles. The first kappa shape index (κ1) is 14.9. The van der Waals surface area contributed by atoms with E-state index in [-0.39, 0.29) is 6.04 Å². The molecule has 1 unspecified atom stereocenters. The van der Waals surface area contributed by atoms with Gasteiger partial charge in [-0.3, -0.25) is 10.5 Å². The molecular formula is C11H22N4O3. The second kappa shape index (κ2) is 7.32. The molecule has 104 valence electrons. The van der Waals surface area contributed by atoms with Crippen LogP contribution in [0.3, 0.4) is 0 Å². The Morgan fingerprint density at radius 2 is 2.00 bits per heavy atom. The summed E-state index contributed by atoms with van der Waals surface area (Å²) < 4.78 is 18.1. The van der Waals surface area contributed by atoms with E-state index < -0.39 is 6.29 Å². The average molecular weight is 258 g/mol. The van der Waals surface area contributed by atoms with Crippen molar-refractivity contribution in [1.82, 2.24) is 15.2 Å². The summed E-state index contributed by atoms with van der Waals surface area (Å²) in [4.78, 5) is 0. The van der Waals surface area contributed by atoms with E-state index in [4.69, 9.17) is 20.1 Å². The number of ether oxygens (including phenoxy) is 3. The van der Waals surface area contributed by atoms with E-state index in [1.807, 2.05) is 20.9 Å². The lowest BCUT2D eigenvalue weighted by atomic mass is 10.2. The molecule has 7 nitrogen and oxygen atoms in total. The summed E-state index contributed by atoms with van der Waals surface area (Å²) >= 11 is 0. The highest BCUT2D eigenvalue weighted by Gasteiger charge is 2.29. The van der Waals surface area contributed by atoms with Crippen LogP contribution >= 0.6 is 0 Å². The SMILES string of the molecule is CCOC(OCC)C(NN)c1c(OC)cnn1C. The van der Waals surface area contributed by atoms with Gasteiger partial charge < -0.3 is 14.2 Å². The van der Waals surface area contributed by atoms with E-state index >= 15 is 0 Å². The number of methoxy groups -OCH3 is 1. The minimum atomic E-state index is -0.491. The fourth-order valence-corrected chi connectivity index (χ4v) is 1.79. The van der Waals surface area contributed by atoms with Crippen molar-refractivity contribution in [3.63, 3.8) is 0 Å². The molecule has 0 saturated heterocycles. The summed E-state index contributed by atoms with van der Waals surface area (Å²) in [5.41, 5.74) is 3.48. The first-order chi connectivity index (χ1) is 8.69. The van der Waals surface area contributed by atoms with Gasteiger partial charge in [0.1, 0.15) is 11.7 Å². The molecule has 0 spiro atoms. The lowest BCUT2D eigenvalue weighted by molar-refractivity contribution is -0.156. The minimum Gasteiger partial charge on any atom is -0.493 e. The van der Waals surface area contributed by atoms with Crippen LogP contribution in [0.4, 0.5) is 0 Å². The van der Waals surface area contributed by atoms with Crippen molar-refractivity contribution in [1.29, 1.82) is 0 Å². The van der Waals surface area contributed by atoms with Gasteiger partial charge >= 0.3 is 0 Å². The fraction of sp³-hybridized carbons (Fsp3) is 0.727. The van der Waals surface area contributed by atoms with Crippen LogP contribution in [-0.2, 0) is 16.5 Å². The maximum atomic E-state index is 5.61. The standard InChI is InChI=1S/C11H22N4O3/c1-5-17-11(18-6-2)9(14-12)10-8(16-4)7-13-15(10)3/h7,9,11,14H,5-6,12H2,1-4H3. The molecule has 18 heavy (non-hydrogen) atoms. The highest BCUT2D eigenvalue weighted by atomic mass is 16.7. The van der Waals surface area contributed by atoms with Crippen LogP contribution in [0.5, 0.6) is 5.75 Å². The van der Waals surface area contributed by atoms with Crippen molar-refractivity contribution in [2.45, 2.75) is 26.2 Å². The van der Waals surface area contributed by atoms with E-state index in [1.165, 1.54) is 0 Å². The third-order valence-electron chi connectivity index (χ3n) is 2.58. The molecule has 0 aliphatic heterocycles. The molecule has 0 fully saturated rings. The van der Waals surface area contributed by atoms with Crippen LogP contribution in [0.25, 0.3) is 0 Å². The van der Waals surface area contributed by atoms with Crippen LogP contribution in [-0.4, -0.2) is 36.4 Å². The lowest BCUT2D eigenvalue weighted by Crippen LogP contribution is -2.40. The number of hydrazine groups is 1. The third-order valence-corrected chi connectivity index (χ3v) is 2.58. The summed E-state index contributed by atoms with van der Waals surface area (Å²) in [5, 5.41) is 4.14. The van der Waals surface area contributed by atoms with Gasteiger partial charge in [-0.2, -0.15) is 5.10 Å². The zero-order valence-corrected chi connectivity index (χ0v) is 11.3. The van der Waals surface area contributed by atoms with Gasteiger partial charge in [-0.15, -0.1) is 0 Å². The second-order valence-electron chi connectivity index (χ2n) is 3.65. The Morgan fingerprint density at radius 3 is 2.44 bits per heavy atom. The molecule has 0 radical (unpaired) electrons. The Kier molecular flexibility index (Phi) is 6.06. The number of nitrogens with one attached hydrogen (secondary N) is 1. The molecule has 1 aromatic heterocycles. The first-order valence-electron chi connectivity index (χ1n) is 5.94. The van der Waals surface area contributed by atoms with Crippen LogP contribution < -0.4 is 16.0 Å². The van der Waals surface area contributed by atoms with Crippen molar-refractivity contribution < 1.29 is 14.2 Å². The molecule has 0 aromatic carbocycles. The molecule has 0 saturated carbocycles. The number of nitrogens with two attached hydrogens (primary N) is 1. The summed E-state index contributed by atoms with van der Waals surface area (Å²) in [7, 11) is 3.40. The quantitative estimate of drug-likeness (QED) is 0.397. The Labute approximate surface area is 107 Å². The monoisotopic (exact) mass is 258 g/mol. The number of aromatic nitrogens is 2. The van der Waals surface area contributed by atoms with Crippen molar-refractivity contribution in [2.75, 3.05) is 20.3 Å². The van der Waals surface area contributed by atoms with Gasteiger partial charge in [-0.25, -0.2) is 5.43 Å². The molecule has 0 bridgehead atoms. The zero-order chi connectivity index (χ0) is 13.5. The highest BCUT2D eigenvalue weighted by Crippen LogP contribution is 2.27. The largest absolute Gasteiger partial charge is 0.493 e. The van der Waals surface area contributed by atoms with E-state index in [0.717, 1.165) is 5.69 Å². The van der Waals surface area contributed by atoms with Crippen molar-refractivity contribution >= 4 is 0 Å². The van der Waals surface area contributed by atoms with E-state index in [2.05, 4.69) is 10.5 Å². The molecule has 0 amide bonds. The van der Waals surface area contributed by atoms with Crippen LogP contribution in [0.1, 0.15) is 25.6 Å². The number of nitrogens with zero attached hydrogens (tertiary/aromatic N) is 2. The topological polar surface area (TPSA) is 83.6 Å². The fourth-order valence-electron chi connectivity index (χ4n) is 1.79. The Morgan fingerprint density at radius 1 is 1.39 bits per heavy atom. The Bertz CT molecular complexity index is 350. The van der Waals surface area contributed by atoms with Gasteiger partial charge in [-0.1, -0.05) is 0 Å². The number of aryl methyl sites for hydroxylation is 1. The molecule has 7 heteroatoms. The van der Waals surface area contributed by atoms with Crippen LogP contribution in [0, 0.1) is 0 Å². The minimum absolute atomic E-state index is 0.354. The van der Waals surface area contributed by atoms with Gasteiger partial charge in [0.05, 0.1) is 13.3 Å². The van der Waals surface area contributed by atoms with Crippen molar-refractivity contribution in [3.05, 3.63) is 11.9 Å². The van der Waals surface area contributed by atoms with Gasteiger partial charge in [0.25, 0.3) is 0 Å². The lowest BCUT2D eigenvalue weighted by Gasteiger charge is -2.26. The predicted octanol–water partition coefficient (Wildman–Crippen LogP) is 0.332. The van der Waals surface area contributed by atoms with Crippen molar-refractivity contribution in [3.8, 4) is 5.75 Å². The zero-order valence-electron chi connectivity index (χ0n) is 11.3. The molecule has 0 aliphatic carbocycles. The number of rotatable bonds is 8. The highest BCUT2D eigenvalue weighted by molar-refractivity contribution is 5.28. The summed E-state index contributed by atoms with van der Waals surface area (Å²) in [6, 6.07) is -0.354. The molecule has 1 aromatic rings. The van der Waals surface area contributed by atoms with Crippen molar-refractivity contribution in [2.24, 2.45) is 12.9 Å². The third kappa shape index (κ3) is 3.20. The smallest absolute Gasteiger partial charge is 0.179 e. The second-order valence-corrected chi connectivity index (χ2v) is 3.65. The van der Waals surface area contributed by atoms with Gasteiger partial charge in [0.15, 0.2) is 12.0 Å². The number of hydrogen-bond acceptors (Lipinski definition) is 6. The van der Waals surface area contributed by atoms with E-state index in [0.29, 0.717) is 19.0 Å². The van der Waals surface area contributed by atoms with Crippen LogP contribution in [0.2, 0.25) is 0 Å². The predicted molar refractivity (Wildman–Crippen MR) is 66.9 cm³/mol. The average Bonchev–Trinajstić information content (AvgIpc) is 2.73. The Balaban J connectivity index is 3.01. The summed E-state index contributed by atoms with van der Waals surface area (Å²) in [6.45, 7) is 4.87. The maximum absolute atomic E-state index is 5.61. The molecule has 1 atom stereocenters. The summed E-state index contributed by atoms with van der Waals surface area (Å²) in [6.07, 6.45) is 1.14. The van der Waals surface area contributed by atoms with Crippen LogP contribution in [0.15, 0.2) is 6.20 Å².